The topological polar surface area (TPSA) is 82.1 Å². The monoisotopic (exact) mass is 467 g/mol. The fourth-order valence-electron chi connectivity index (χ4n) is 9.94. The summed E-state index contributed by atoms with van der Waals surface area (Å²) in [6.07, 6.45) is 16.0. The minimum Gasteiger partial charge on any atom is -0.390 e. The summed E-state index contributed by atoms with van der Waals surface area (Å²) >= 11 is 0. The van der Waals surface area contributed by atoms with Crippen LogP contribution in [0.4, 0.5) is 0 Å². The first kappa shape index (κ1) is 24.3. The van der Waals surface area contributed by atoms with E-state index in [1.165, 1.54) is 44.9 Å². The molecule has 2 N–H and O–H groups in total. The second kappa shape index (κ2) is 8.34. The van der Waals surface area contributed by atoms with E-state index in [0.717, 1.165) is 43.4 Å². The van der Waals surface area contributed by atoms with Gasteiger partial charge in [-0.15, -0.1) is 0 Å². The zero-order valence-electron chi connectivity index (χ0n) is 21.8. The molecule has 1 aromatic rings. The SMILES string of the molecule is CC[C@@]1(O)CC[C@@H]2[C@H]3CC[C@@]4(C)[C@@H](CCC[C@@H]4[C@@](C)(O)Cn4cc(C#N)cn4)[C@@H]3CC[C@]2(C)C1. The third-order valence-electron chi connectivity index (χ3n) is 11.5. The van der Waals surface area contributed by atoms with Crippen molar-refractivity contribution < 1.29 is 10.2 Å². The number of hydrogen-bond acceptors (Lipinski definition) is 4. The molecule has 1 aromatic heterocycles. The first-order chi connectivity index (χ1) is 16.0. The second-order valence-corrected chi connectivity index (χ2v) is 13.5. The molecule has 188 valence electrons. The van der Waals surface area contributed by atoms with Gasteiger partial charge in [0.25, 0.3) is 0 Å². The van der Waals surface area contributed by atoms with Crippen molar-refractivity contribution in [3.05, 3.63) is 18.0 Å². The highest BCUT2D eigenvalue weighted by molar-refractivity contribution is 5.21. The average Bonchev–Trinajstić information content (AvgIpc) is 3.24. The third kappa shape index (κ3) is 3.84. The van der Waals surface area contributed by atoms with Crippen LogP contribution in [-0.2, 0) is 6.54 Å². The van der Waals surface area contributed by atoms with Gasteiger partial charge in [-0.05, 0) is 112 Å². The summed E-state index contributed by atoms with van der Waals surface area (Å²) in [6, 6.07) is 2.15. The third-order valence-corrected chi connectivity index (χ3v) is 11.5. The summed E-state index contributed by atoms with van der Waals surface area (Å²) in [5, 5.41) is 36.4. The molecule has 0 unspecified atom stereocenters. The van der Waals surface area contributed by atoms with E-state index < -0.39 is 11.2 Å². The zero-order chi connectivity index (χ0) is 24.4. The average molecular weight is 468 g/mol. The quantitative estimate of drug-likeness (QED) is 0.595. The molecule has 0 saturated heterocycles. The Balaban J connectivity index is 1.37. The van der Waals surface area contributed by atoms with Crippen LogP contribution < -0.4 is 0 Å². The van der Waals surface area contributed by atoms with Gasteiger partial charge in [-0.1, -0.05) is 27.2 Å². The smallest absolute Gasteiger partial charge is 0.102 e. The fourth-order valence-corrected chi connectivity index (χ4v) is 9.94. The van der Waals surface area contributed by atoms with E-state index in [1.807, 2.05) is 6.92 Å². The van der Waals surface area contributed by atoms with Crippen LogP contribution in [0.5, 0.6) is 0 Å². The van der Waals surface area contributed by atoms with Crippen LogP contribution in [0.15, 0.2) is 12.4 Å². The van der Waals surface area contributed by atoms with E-state index >= 15 is 0 Å². The maximum atomic E-state index is 11.8. The molecule has 5 rings (SSSR count). The standard InChI is InChI=1S/C29H45N3O2/c1-5-29(34)14-11-23-21-10-13-27(3)24(22(21)9-12-26(23,2)18-29)7-6-8-25(27)28(4,33)19-32-17-20(15-30)16-31-32/h16-17,21-25,33-34H,5-14,18-19H2,1-4H3/t21-,22+,23+,24-,25-,26+,27-,28-,29+/m0/s1. The molecule has 0 bridgehead atoms. The summed E-state index contributed by atoms with van der Waals surface area (Å²) in [5.41, 5.74) is -0.299. The Labute approximate surface area is 205 Å². The summed E-state index contributed by atoms with van der Waals surface area (Å²) in [5.74, 6) is 3.22. The van der Waals surface area contributed by atoms with E-state index in [4.69, 9.17) is 5.26 Å². The lowest BCUT2D eigenvalue weighted by molar-refractivity contribution is -0.186. The minimum atomic E-state index is -0.843. The van der Waals surface area contributed by atoms with Crippen molar-refractivity contribution in [2.75, 3.05) is 0 Å². The van der Waals surface area contributed by atoms with E-state index in [9.17, 15) is 10.2 Å². The Morgan fingerprint density at radius 1 is 1.12 bits per heavy atom. The van der Waals surface area contributed by atoms with Gasteiger partial charge in [0.05, 0.1) is 29.5 Å². The Morgan fingerprint density at radius 3 is 2.56 bits per heavy atom. The molecule has 4 fully saturated rings. The van der Waals surface area contributed by atoms with Crippen molar-refractivity contribution in [1.82, 2.24) is 9.78 Å². The van der Waals surface area contributed by atoms with Gasteiger partial charge in [-0.3, -0.25) is 4.68 Å². The van der Waals surface area contributed by atoms with Gasteiger partial charge in [0.15, 0.2) is 0 Å². The molecular weight excluding hydrogens is 422 g/mol. The molecular formula is C29H45N3O2. The molecule has 0 radical (unpaired) electrons. The molecule has 0 aromatic carbocycles. The molecule has 5 nitrogen and oxygen atoms in total. The van der Waals surface area contributed by atoms with Crippen molar-refractivity contribution in [3.63, 3.8) is 0 Å². The molecule has 34 heavy (non-hydrogen) atoms. The number of aliphatic hydroxyl groups is 2. The van der Waals surface area contributed by atoms with Crippen molar-refractivity contribution in [3.8, 4) is 6.07 Å². The first-order valence-corrected chi connectivity index (χ1v) is 13.9. The lowest BCUT2D eigenvalue weighted by Gasteiger charge is -2.64. The highest BCUT2D eigenvalue weighted by Crippen LogP contribution is 2.67. The van der Waals surface area contributed by atoms with E-state index in [2.05, 4.69) is 31.9 Å². The molecule has 4 aliphatic rings. The lowest BCUT2D eigenvalue weighted by Crippen LogP contribution is -2.60. The van der Waals surface area contributed by atoms with Crippen molar-refractivity contribution in [1.29, 1.82) is 5.26 Å². The van der Waals surface area contributed by atoms with Gasteiger partial charge < -0.3 is 10.2 Å². The number of nitriles is 1. The Morgan fingerprint density at radius 2 is 1.85 bits per heavy atom. The van der Waals surface area contributed by atoms with Crippen LogP contribution >= 0.6 is 0 Å². The van der Waals surface area contributed by atoms with Gasteiger partial charge in [0.2, 0.25) is 0 Å². The van der Waals surface area contributed by atoms with Gasteiger partial charge in [0.1, 0.15) is 6.07 Å². The van der Waals surface area contributed by atoms with Gasteiger partial charge in [-0.25, -0.2) is 0 Å². The normalized spacial score (nSPS) is 45.9. The van der Waals surface area contributed by atoms with E-state index in [-0.39, 0.29) is 16.7 Å². The van der Waals surface area contributed by atoms with E-state index in [0.29, 0.717) is 18.0 Å². The predicted octanol–water partition coefficient (Wildman–Crippen LogP) is 5.70. The Kier molecular flexibility index (Phi) is 5.97. The summed E-state index contributed by atoms with van der Waals surface area (Å²) in [4.78, 5) is 0. The maximum Gasteiger partial charge on any atom is 0.102 e. The maximum absolute atomic E-state index is 11.8. The molecule has 4 aliphatic carbocycles. The lowest BCUT2D eigenvalue weighted by atomic mass is 9.41. The summed E-state index contributed by atoms with van der Waals surface area (Å²) < 4.78 is 1.76. The molecule has 0 amide bonds. The minimum absolute atomic E-state index is 0.153. The van der Waals surface area contributed by atoms with Crippen LogP contribution in [0.1, 0.15) is 104 Å². The van der Waals surface area contributed by atoms with Crippen molar-refractivity contribution >= 4 is 0 Å². The number of hydrogen-bond donors (Lipinski definition) is 2. The zero-order valence-corrected chi connectivity index (χ0v) is 21.8. The van der Waals surface area contributed by atoms with Crippen LogP contribution in [0, 0.1) is 51.8 Å². The number of rotatable bonds is 4. The van der Waals surface area contributed by atoms with Crippen molar-refractivity contribution in [2.24, 2.45) is 40.4 Å². The van der Waals surface area contributed by atoms with Crippen LogP contribution in [-0.4, -0.2) is 31.2 Å². The predicted molar refractivity (Wildman–Crippen MR) is 133 cm³/mol. The number of nitrogens with zero attached hydrogens (tertiary/aromatic N) is 3. The van der Waals surface area contributed by atoms with Gasteiger partial charge >= 0.3 is 0 Å². The fraction of sp³-hybridized carbons (Fsp3) is 0.862. The Hall–Kier alpha value is -1.38. The van der Waals surface area contributed by atoms with Crippen LogP contribution in [0.3, 0.4) is 0 Å². The van der Waals surface area contributed by atoms with Crippen LogP contribution in [0.25, 0.3) is 0 Å². The summed E-state index contributed by atoms with van der Waals surface area (Å²) in [6.45, 7) is 9.58. The highest BCUT2D eigenvalue weighted by atomic mass is 16.3. The highest BCUT2D eigenvalue weighted by Gasteiger charge is 2.61. The first-order valence-electron chi connectivity index (χ1n) is 13.9. The van der Waals surface area contributed by atoms with Gasteiger partial charge in [-0.2, -0.15) is 10.4 Å². The molecule has 0 aliphatic heterocycles. The van der Waals surface area contributed by atoms with Gasteiger partial charge in [0, 0.05) is 6.20 Å². The molecule has 0 spiro atoms. The number of aromatic nitrogens is 2. The summed E-state index contributed by atoms with van der Waals surface area (Å²) in [7, 11) is 0. The molecule has 1 heterocycles. The molecule has 5 heteroatoms. The number of fused-ring (bicyclic) bond motifs is 5. The van der Waals surface area contributed by atoms with Crippen LogP contribution in [0.2, 0.25) is 0 Å². The van der Waals surface area contributed by atoms with E-state index in [1.54, 1.807) is 17.1 Å². The Bertz CT molecular complexity index is 949. The van der Waals surface area contributed by atoms with Crippen molar-refractivity contribution in [2.45, 2.75) is 116 Å². The molecule has 9 atom stereocenters. The second-order valence-electron chi connectivity index (χ2n) is 13.5. The molecule has 4 saturated carbocycles. The largest absolute Gasteiger partial charge is 0.390 e.